The summed E-state index contributed by atoms with van der Waals surface area (Å²) in [5.41, 5.74) is 2.55. The first kappa shape index (κ1) is 13.0. The zero-order valence-corrected chi connectivity index (χ0v) is 10.3. The molecule has 2 aromatic carbocycles. The van der Waals surface area contributed by atoms with Crippen molar-refractivity contribution in [2.75, 3.05) is 0 Å². The molecule has 4 heteroatoms. The molecule has 2 nitrogen and oxygen atoms in total. The van der Waals surface area contributed by atoms with E-state index in [1.807, 2.05) is 12.1 Å². The van der Waals surface area contributed by atoms with Crippen molar-refractivity contribution < 1.29 is 9.46 Å². The van der Waals surface area contributed by atoms with E-state index in [1.54, 1.807) is 0 Å². The van der Waals surface area contributed by atoms with Crippen LogP contribution in [-0.2, 0) is 4.57 Å². The molecule has 1 N–H and O–H groups in total. The number of hydrogen-bond acceptors (Lipinski definition) is 1. The summed E-state index contributed by atoms with van der Waals surface area (Å²) in [6.45, 7) is 0. The summed E-state index contributed by atoms with van der Waals surface area (Å²) in [7, 11) is -2.66. The summed E-state index contributed by atoms with van der Waals surface area (Å²) in [6, 6.07) is 20.8. The molecule has 0 bridgehead atoms. The summed E-state index contributed by atoms with van der Waals surface area (Å²) >= 11 is 4.38. The normalized spacial score (nSPS) is 11.1. The van der Waals surface area contributed by atoms with Crippen LogP contribution >= 0.6 is 18.6 Å². The molecule has 0 spiro atoms. The van der Waals surface area contributed by atoms with Crippen molar-refractivity contribution in [3.63, 3.8) is 0 Å². The van der Waals surface area contributed by atoms with Crippen LogP contribution in [0.15, 0.2) is 60.7 Å². The highest BCUT2D eigenvalue weighted by molar-refractivity contribution is 7.68. The lowest BCUT2D eigenvalue weighted by molar-refractivity contribution is 0.518. The fraction of sp³-hybridized carbons (Fsp3) is 0. The summed E-state index contributed by atoms with van der Waals surface area (Å²) in [5.74, 6) is 0. The van der Waals surface area contributed by atoms with Gasteiger partial charge in [0.2, 0.25) is 0 Å². The predicted octanol–water partition coefficient (Wildman–Crippen LogP) is 3.96. The van der Waals surface area contributed by atoms with Gasteiger partial charge in [-0.2, -0.15) is 0 Å². The summed E-state index contributed by atoms with van der Waals surface area (Å²) in [4.78, 5) is 7.37. The highest BCUT2D eigenvalue weighted by Gasteiger charge is 1.91. The van der Waals surface area contributed by atoms with Gasteiger partial charge in [0.05, 0.1) is 0 Å². The van der Waals surface area contributed by atoms with Crippen molar-refractivity contribution >= 4 is 18.6 Å². The quantitative estimate of drug-likeness (QED) is 0.782. The van der Waals surface area contributed by atoms with Crippen LogP contribution < -0.4 is 0 Å². The molecule has 0 fully saturated rings. The Labute approximate surface area is 100 Å². The first-order valence-electron chi connectivity index (χ1n) is 4.69. The van der Waals surface area contributed by atoms with Gasteiger partial charge >= 0.3 is 0 Å². The third kappa shape index (κ3) is 5.13. The SMILES string of the molecule is O=[PH](O)Cl.c1ccc(-c2ccccc2)cc1. The monoisotopic (exact) mass is 254 g/mol. The van der Waals surface area contributed by atoms with Crippen LogP contribution in [0.25, 0.3) is 11.1 Å². The molecule has 1 unspecified atom stereocenters. The van der Waals surface area contributed by atoms with Crippen LogP contribution in [-0.4, -0.2) is 4.89 Å². The van der Waals surface area contributed by atoms with E-state index >= 15 is 0 Å². The Kier molecular flexibility index (Phi) is 5.87. The van der Waals surface area contributed by atoms with Crippen LogP contribution in [0.1, 0.15) is 0 Å². The van der Waals surface area contributed by atoms with E-state index < -0.39 is 7.38 Å². The highest BCUT2D eigenvalue weighted by atomic mass is 35.7. The standard InChI is InChI=1S/C12H10.ClH2O2P/c1-3-7-11(8-4-1)12-9-5-2-6-10-12;1-4(2)3/h1-10H;4H,(H,2,3). The fourth-order valence-electron chi connectivity index (χ4n) is 1.26. The van der Waals surface area contributed by atoms with Crippen molar-refractivity contribution in [3.05, 3.63) is 60.7 Å². The van der Waals surface area contributed by atoms with Crippen molar-refractivity contribution in [3.8, 4) is 11.1 Å². The first-order chi connectivity index (χ1) is 7.70. The van der Waals surface area contributed by atoms with Crippen LogP contribution in [0.4, 0.5) is 0 Å². The van der Waals surface area contributed by atoms with Gasteiger partial charge in [-0.3, -0.25) is 4.57 Å². The Bertz CT molecular complexity index is 390. The maximum Gasteiger partial charge on any atom is 0.276 e. The number of hydrogen-bond donors (Lipinski definition) is 1. The van der Waals surface area contributed by atoms with Crippen molar-refractivity contribution in [1.82, 2.24) is 0 Å². The second-order valence-electron chi connectivity index (χ2n) is 2.99. The maximum absolute atomic E-state index is 8.95. The number of halogens is 1. The molecule has 1 atom stereocenters. The van der Waals surface area contributed by atoms with Crippen LogP contribution in [0.5, 0.6) is 0 Å². The van der Waals surface area contributed by atoms with E-state index in [9.17, 15) is 0 Å². The third-order valence-corrected chi connectivity index (χ3v) is 1.88. The molecular weight excluding hydrogens is 243 g/mol. The molecule has 2 rings (SSSR count). The molecule has 0 radical (unpaired) electrons. The van der Waals surface area contributed by atoms with Gasteiger partial charge < -0.3 is 4.89 Å². The Morgan fingerprint density at radius 3 is 1.31 bits per heavy atom. The smallest absolute Gasteiger partial charge is 0.276 e. The number of benzene rings is 2. The molecule has 0 aliphatic carbocycles. The first-order valence-corrected chi connectivity index (χ1v) is 7.06. The minimum absolute atomic E-state index is 1.28. The molecule has 0 saturated carbocycles. The van der Waals surface area contributed by atoms with E-state index in [4.69, 9.17) is 9.46 Å². The highest BCUT2D eigenvalue weighted by Crippen LogP contribution is 2.17. The maximum atomic E-state index is 8.95. The Balaban J connectivity index is 0.000000280. The van der Waals surface area contributed by atoms with Gasteiger partial charge in [-0.15, -0.1) is 0 Å². The Morgan fingerprint density at radius 2 is 1.06 bits per heavy atom. The van der Waals surface area contributed by atoms with E-state index in [1.165, 1.54) is 11.1 Å². The van der Waals surface area contributed by atoms with E-state index in [0.29, 0.717) is 0 Å². The Morgan fingerprint density at radius 1 is 0.812 bits per heavy atom. The molecule has 0 amide bonds. The molecule has 0 aliphatic heterocycles. The average Bonchev–Trinajstić information content (AvgIpc) is 2.31. The third-order valence-electron chi connectivity index (χ3n) is 1.88. The van der Waals surface area contributed by atoms with E-state index in [-0.39, 0.29) is 0 Å². The molecule has 0 heterocycles. The van der Waals surface area contributed by atoms with Crippen molar-refractivity contribution in [2.24, 2.45) is 0 Å². The van der Waals surface area contributed by atoms with Gasteiger partial charge in [0, 0.05) is 0 Å². The largest absolute Gasteiger partial charge is 0.335 e. The molecule has 2 aromatic rings. The van der Waals surface area contributed by atoms with Gasteiger partial charge in [0.1, 0.15) is 0 Å². The van der Waals surface area contributed by atoms with Crippen molar-refractivity contribution in [2.45, 2.75) is 0 Å². The summed E-state index contributed by atoms with van der Waals surface area (Å²) in [5, 5.41) is 0. The van der Waals surface area contributed by atoms with E-state index in [0.717, 1.165) is 0 Å². The zero-order valence-electron chi connectivity index (χ0n) is 8.51. The van der Waals surface area contributed by atoms with Gasteiger partial charge in [-0.05, 0) is 22.4 Å². The average molecular weight is 255 g/mol. The summed E-state index contributed by atoms with van der Waals surface area (Å²) in [6.07, 6.45) is 0. The minimum Gasteiger partial charge on any atom is -0.335 e. The lowest BCUT2D eigenvalue weighted by Gasteiger charge is -1.98. The Hall–Kier alpha value is -1.08. The van der Waals surface area contributed by atoms with Gasteiger partial charge in [-0.1, -0.05) is 60.7 Å². The van der Waals surface area contributed by atoms with Crippen molar-refractivity contribution in [1.29, 1.82) is 0 Å². The summed E-state index contributed by atoms with van der Waals surface area (Å²) < 4.78 is 8.95. The van der Waals surface area contributed by atoms with Gasteiger partial charge in [0.15, 0.2) is 0 Å². The molecule has 0 saturated heterocycles. The lowest BCUT2D eigenvalue weighted by Crippen LogP contribution is -1.73. The second kappa shape index (κ2) is 7.24. The molecule has 0 aromatic heterocycles. The zero-order chi connectivity index (χ0) is 11.8. The second-order valence-corrected chi connectivity index (χ2v) is 4.46. The van der Waals surface area contributed by atoms with Crippen LogP contribution in [0.3, 0.4) is 0 Å². The molecule has 16 heavy (non-hydrogen) atoms. The van der Waals surface area contributed by atoms with E-state index in [2.05, 4.69) is 59.8 Å². The minimum atomic E-state index is -2.66. The molecule has 0 aliphatic rings. The predicted molar refractivity (Wildman–Crippen MR) is 69.0 cm³/mol. The lowest BCUT2D eigenvalue weighted by atomic mass is 10.1. The van der Waals surface area contributed by atoms with Crippen LogP contribution in [0, 0.1) is 0 Å². The molecular formula is C12H12ClO2P. The van der Waals surface area contributed by atoms with Gasteiger partial charge in [-0.25, -0.2) is 0 Å². The fourth-order valence-corrected chi connectivity index (χ4v) is 1.26. The molecule has 84 valence electrons. The number of rotatable bonds is 1. The van der Waals surface area contributed by atoms with Gasteiger partial charge in [0.25, 0.3) is 7.38 Å². The van der Waals surface area contributed by atoms with Crippen LogP contribution in [0.2, 0.25) is 0 Å². The topological polar surface area (TPSA) is 37.3 Å².